The third kappa shape index (κ3) is 4.29. The summed E-state index contributed by atoms with van der Waals surface area (Å²) in [5.74, 6) is 0.901. The topological polar surface area (TPSA) is 38.8 Å². The lowest BCUT2D eigenvalue weighted by atomic mass is 10.1. The Morgan fingerprint density at radius 2 is 2.24 bits per heavy atom. The molecule has 0 aliphatic carbocycles. The van der Waals surface area contributed by atoms with Crippen molar-refractivity contribution in [1.29, 1.82) is 0 Å². The molecule has 0 spiro atoms. The van der Waals surface area contributed by atoms with Gasteiger partial charge in [-0.05, 0) is 51.5 Å². The zero-order chi connectivity index (χ0) is 15.4. The Bertz CT molecular complexity index is 499. The first-order valence-corrected chi connectivity index (χ1v) is 7.57. The molecule has 1 aromatic carbocycles. The highest BCUT2D eigenvalue weighted by Gasteiger charge is 2.22. The van der Waals surface area contributed by atoms with Gasteiger partial charge in [-0.1, -0.05) is 0 Å². The number of carbonyl (C=O) groups is 1. The van der Waals surface area contributed by atoms with Crippen molar-refractivity contribution in [3.8, 4) is 5.75 Å². The summed E-state index contributed by atoms with van der Waals surface area (Å²) in [5, 5.41) is 0. The molecule has 4 nitrogen and oxygen atoms in total. The molecule has 1 atom stereocenters. The van der Waals surface area contributed by atoms with Gasteiger partial charge in [0, 0.05) is 24.7 Å². The van der Waals surface area contributed by atoms with Gasteiger partial charge in [0.15, 0.2) is 5.78 Å². The molecule has 2 rings (SSSR count). The maximum absolute atomic E-state index is 11.3. The minimum Gasteiger partial charge on any atom is -0.491 e. The van der Waals surface area contributed by atoms with E-state index in [0.717, 1.165) is 36.6 Å². The molecule has 0 aromatic heterocycles. The van der Waals surface area contributed by atoms with E-state index >= 15 is 0 Å². The van der Waals surface area contributed by atoms with Gasteiger partial charge in [-0.3, -0.25) is 9.69 Å². The van der Waals surface area contributed by atoms with Crippen molar-refractivity contribution < 1.29 is 14.3 Å². The predicted molar refractivity (Wildman–Crippen MR) is 83.1 cm³/mol. The lowest BCUT2D eigenvalue weighted by molar-refractivity contribution is -0.0565. The molecule has 21 heavy (non-hydrogen) atoms. The summed E-state index contributed by atoms with van der Waals surface area (Å²) in [4.78, 5) is 13.8. The predicted octanol–water partition coefficient (Wildman–Crippen LogP) is 2.69. The van der Waals surface area contributed by atoms with E-state index in [2.05, 4.69) is 18.7 Å². The number of hydrogen-bond acceptors (Lipinski definition) is 4. The molecule has 1 aliphatic heterocycles. The number of aryl methyl sites for hydroxylation is 1. The van der Waals surface area contributed by atoms with Crippen LogP contribution in [0.2, 0.25) is 0 Å². The van der Waals surface area contributed by atoms with Crippen molar-refractivity contribution in [1.82, 2.24) is 4.90 Å². The summed E-state index contributed by atoms with van der Waals surface area (Å²) in [7, 11) is 0. The van der Waals surface area contributed by atoms with Crippen LogP contribution in [0.25, 0.3) is 0 Å². The molecular weight excluding hydrogens is 266 g/mol. The zero-order valence-electron chi connectivity index (χ0n) is 13.4. The van der Waals surface area contributed by atoms with Gasteiger partial charge in [0.05, 0.1) is 6.61 Å². The molecule has 1 saturated heterocycles. The van der Waals surface area contributed by atoms with Gasteiger partial charge < -0.3 is 9.47 Å². The maximum Gasteiger partial charge on any atom is 0.159 e. The number of Topliss-reactive ketones (excluding diaryl/α,β-unsaturated/α-hetero) is 1. The van der Waals surface area contributed by atoms with E-state index in [9.17, 15) is 4.79 Å². The van der Waals surface area contributed by atoms with E-state index in [0.29, 0.717) is 12.6 Å². The molecule has 0 radical (unpaired) electrons. The van der Waals surface area contributed by atoms with E-state index in [1.54, 1.807) is 6.92 Å². The lowest BCUT2D eigenvalue weighted by Gasteiger charge is -2.35. The van der Waals surface area contributed by atoms with Crippen molar-refractivity contribution in [2.75, 3.05) is 26.3 Å². The summed E-state index contributed by atoms with van der Waals surface area (Å²) >= 11 is 0. The first-order valence-electron chi connectivity index (χ1n) is 7.57. The minimum atomic E-state index is 0.0767. The molecule has 1 aliphatic rings. The number of nitrogens with zero attached hydrogens (tertiary/aromatic N) is 1. The molecule has 116 valence electrons. The summed E-state index contributed by atoms with van der Waals surface area (Å²) in [6.45, 7) is 11.1. The standard InChI is InChI=1S/C17H25NO3/c1-12(2)18-7-8-20-16(10-18)11-21-17-6-5-15(14(4)19)9-13(17)3/h5-6,9,12,16H,7-8,10-11H2,1-4H3. The monoisotopic (exact) mass is 291 g/mol. The largest absolute Gasteiger partial charge is 0.491 e. The third-order valence-corrected chi connectivity index (χ3v) is 3.91. The molecule has 4 heteroatoms. The molecule has 1 heterocycles. The Hall–Kier alpha value is -1.39. The van der Waals surface area contributed by atoms with Crippen LogP contribution < -0.4 is 4.74 Å². The first-order chi connectivity index (χ1) is 9.97. The van der Waals surface area contributed by atoms with Gasteiger partial charge >= 0.3 is 0 Å². The molecule has 1 aromatic rings. The van der Waals surface area contributed by atoms with Crippen LogP contribution in [0.4, 0.5) is 0 Å². The fourth-order valence-corrected chi connectivity index (χ4v) is 2.53. The van der Waals surface area contributed by atoms with E-state index in [1.165, 1.54) is 0 Å². The van der Waals surface area contributed by atoms with Crippen molar-refractivity contribution in [2.45, 2.75) is 39.8 Å². The number of ether oxygens (including phenoxy) is 2. The number of rotatable bonds is 5. The summed E-state index contributed by atoms with van der Waals surface area (Å²) in [5.41, 5.74) is 1.71. The Morgan fingerprint density at radius 3 is 2.86 bits per heavy atom. The lowest BCUT2D eigenvalue weighted by Crippen LogP contribution is -2.47. The summed E-state index contributed by atoms with van der Waals surface area (Å²) < 4.78 is 11.6. The number of benzene rings is 1. The number of morpholine rings is 1. The summed E-state index contributed by atoms with van der Waals surface area (Å²) in [6.07, 6.45) is 0.105. The van der Waals surface area contributed by atoms with Crippen LogP contribution in [0.1, 0.15) is 36.7 Å². The molecule has 0 amide bonds. The van der Waals surface area contributed by atoms with Gasteiger partial charge in [-0.25, -0.2) is 0 Å². The second-order valence-corrected chi connectivity index (χ2v) is 5.93. The fourth-order valence-electron chi connectivity index (χ4n) is 2.53. The van der Waals surface area contributed by atoms with Crippen molar-refractivity contribution in [3.63, 3.8) is 0 Å². The minimum absolute atomic E-state index is 0.0767. The number of hydrogen-bond donors (Lipinski definition) is 0. The Balaban J connectivity index is 1.92. The van der Waals surface area contributed by atoms with Crippen LogP contribution in [0.15, 0.2) is 18.2 Å². The number of carbonyl (C=O) groups excluding carboxylic acids is 1. The fraction of sp³-hybridized carbons (Fsp3) is 0.588. The molecule has 0 saturated carbocycles. The van der Waals surface area contributed by atoms with Gasteiger partial charge in [0.1, 0.15) is 18.5 Å². The van der Waals surface area contributed by atoms with Crippen LogP contribution in [0.5, 0.6) is 5.75 Å². The maximum atomic E-state index is 11.3. The van der Waals surface area contributed by atoms with E-state index in [-0.39, 0.29) is 11.9 Å². The van der Waals surface area contributed by atoms with Crippen LogP contribution in [0, 0.1) is 6.92 Å². The van der Waals surface area contributed by atoms with Crippen LogP contribution >= 0.6 is 0 Å². The SMILES string of the molecule is CC(=O)c1ccc(OCC2CN(C(C)C)CCO2)c(C)c1. The zero-order valence-corrected chi connectivity index (χ0v) is 13.4. The van der Waals surface area contributed by atoms with Crippen LogP contribution in [0.3, 0.4) is 0 Å². The highest BCUT2D eigenvalue weighted by molar-refractivity contribution is 5.94. The Kier molecular flexibility index (Phi) is 5.37. The number of ketones is 1. The second-order valence-electron chi connectivity index (χ2n) is 5.93. The van der Waals surface area contributed by atoms with Crippen LogP contribution in [-0.2, 0) is 4.74 Å². The second kappa shape index (κ2) is 7.05. The smallest absolute Gasteiger partial charge is 0.159 e. The molecule has 0 N–H and O–H groups in total. The first kappa shape index (κ1) is 16.0. The molecule has 0 bridgehead atoms. The molecule has 1 unspecified atom stereocenters. The van der Waals surface area contributed by atoms with Crippen molar-refractivity contribution in [3.05, 3.63) is 29.3 Å². The van der Waals surface area contributed by atoms with Gasteiger partial charge in [-0.15, -0.1) is 0 Å². The van der Waals surface area contributed by atoms with Crippen molar-refractivity contribution in [2.24, 2.45) is 0 Å². The highest BCUT2D eigenvalue weighted by Crippen LogP contribution is 2.20. The highest BCUT2D eigenvalue weighted by atomic mass is 16.5. The normalized spacial score (nSPS) is 19.8. The Labute approximate surface area is 127 Å². The average molecular weight is 291 g/mol. The Morgan fingerprint density at radius 1 is 1.48 bits per heavy atom. The van der Waals surface area contributed by atoms with Gasteiger partial charge in [0.25, 0.3) is 0 Å². The van der Waals surface area contributed by atoms with Gasteiger partial charge in [-0.2, -0.15) is 0 Å². The van der Waals surface area contributed by atoms with E-state index < -0.39 is 0 Å². The summed E-state index contributed by atoms with van der Waals surface area (Å²) in [6, 6.07) is 6.09. The average Bonchev–Trinajstić information content (AvgIpc) is 2.46. The van der Waals surface area contributed by atoms with Gasteiger partial charge in [0.2, 0.25) is 0 Å². The van der Waals surface area contributed by atoms with E-state index in [1.807, 2.05) is 25.1 Å². The third-order valence-electron chi connectivity index (χ3n) is 3.91. The van der Waals surface area contributed by atoms with Crippen molar-refractivity contribution >= 4 is 5.78 Å². The quantitative estimate of drug-likeness (QED) is 0.782. The van der Waals surface area contributed by atoms with E-state index in [4.69, 9.17) is 9.47 Å². The molecular formula is C17H25NO3. The van der Waals surface area contributed by atoms with Crippen LogP contribution in [-0.4, -0.2) is 49.1 Å². The molecule has 1 fully saturated rings.